The lowest BCUT2D eigenvalue weighted by Gasteiger charge is -2.34. The van der Waals surface area contributed by atoms with Crippen LogP contribution in [0.4, 0.5) is 0 Å². The van der Waals surface area contributed by atoms with E-state index in [1.54, 1.807) is 0 Å². The van der Waals surface area contributed by atoms with Gasteiger partial charge in [0.25, 0.3) is 0 Å². The van der Waals surface area contributed by atoms with Gasteiger partial charge in [-0.2, -0.15) is 5.26 Å². The molecule has 2 rings (SSSR count). The Morgan fingerprint density at radius 3 is 1.92 bits per heavy atom. The lowest BCUT2D eigenvalue weighted by atomic mass is 9.70. The van der Waals surface area contributed by atoms with Crippen LogP contribution in [0.3, 0.4) is 0 Å². The highest BCUT2D eigenvalue weighted by molar-refractivity contribution is 4.92. The maximum Gasteiger partial charge on any atom is 0.0658 e. The summed E-state index contributed by atoms with van der Waals surface area (Å²) in [4.78, 5) is 0. The SMILES string of the molecule is CCCCCCC1CCC(CC(C#N)C2CCC(CCC)CC2)CC1. The summed E-state index contributed by atoms with van der Waals surface area (Å²) in [6.45, 7) is 4.61. The summed E-state index contributed by atoms with van der Waals surface area (Å²) in [5.41, 5.74) is 0. The fraction of sp³-hybridized carbons (Fsp3) is 0.958. The first-order valence-electron chi connectivity index (χ1n) is 11.7. The van der Waals surface area contributed by atoms with Gasteiger partial charge in [-0.15, -0.1) is 0 Å². The minimum absolute atomic E-state index is 0.355. The first kappa shape index (κ1) is 20.8. The fourth-order valence-electron chi connectivity index (χ4n) is 5.61. The zero-order valence-corrected chi connectivity index (χ0v) is 17.1. The van der Waals surface area contributed by atoms with Gasteiger partial charge >= 0.3 is 0 Å². The largest absolute Gasteiger partial charge is 0.198 e. The van der Waals surface area contributed by atoms with Crippen LogP contribution in [0.2, 0.25) is 0 Å². The Labute approximate surface area is 158 Å². The van der Waals surface area contributed by atoms with E-state index in [2.05, 4.69) is 19.9 Å². The van der Waals surface area contributed by atoms with Gasteiger partial charge in [0.15, 0.2) is 0 Å². The van der Waals surface area contributed by atoms with E-state index in [0.29, 0.717) is 11.8 Å². The van der Waals surface area contributed by atoms with Crippen LogP contribution < -0.4 is 0 Å². The molecule has 1 unspecified atom stereocenters. The van der Waals surface area contributed by atoms with Crippen LogP contribution in [-0.4, -0.2) is 0 Å². The molecule has 0 bridgehead atoms. The van der Waals surface area contributed by atoms with Crippen molar-refractivity contribution in [1.29, 1.82) is 5.26 Å². The molecular weight excluding hydrogens is 302 g/mol. The molecule has 1 nitrogen and oxygen atoms in total. The van der Waals surface area contributed by atoms with Gasteiger partial charge < -0.3 is 0 Å². The van der Waals surface area contributed by atoms with E-state index in [1.807, 2.05) is 0 Å². The number of hydrogen-bond donors (Lipinski definition) is 0. The predicted molar refractivity (Wildman–Crippen MR) is 108 cm³/mol. The summed E-state index contributed by atoms with van der Waals surface area (Å²) in [5.74, 6) is 3.88. The van der Waals surface area contributed by atoms with Crippen LogP contribution in [0.25, 0.3) is 0 Å². The first-order chi connectivity index (χ1) is 12.3. The molecule has 2 saturated carbocycles. The molecular formula is C24H43N. The monoisotopic (exact) mass is 345 g/mol. The fourth-order valence-corrected chi connectivity index (χ4v) is 5.61. The Kier molecular flexibility index (Phi) is 9.97. The second kappa shape index (κ2) is 12.0. The third-order valence-electron chi connectivity index (χ3n) is 7.34. The highest BCUT2D eigenvalue weighted by atomic mass is 14.4. The minimum atomic E-state index is 0.355. The van der Waals surface area contributed by atoms with E-state index in [1.165, 1.54) is 103 Å². The topological polar surface area (TPSA) is 23.8 Å². The second-order valence-electron chi connectivity index (χ2n) is 9.28. The van der Waals surface area contributed by atoms with E-state index >= 15 is 0 Å². The van der Waals surface area contributed by atoms with Gasteiger partial charge in [-0.3, -0.25) is 0 Å². The Bertz CT molecular complexity index is 366. The Morgan fingerprint density at radius 2 is 1.32 bits per heavy atom. The zero-order chi connectivity index (χ0) is 17.9. The van der Waals surface area contributed by atoms with Crippen LogP contribution >= 0.6 is 0 Å². The molecule has 2 fully saturated rings. The summed E-state index contributed by atoms with van der Waals surface area (Å²) in [7, 11) is 0. The Balaban J connectivity index is 1.65. The quantitative estimate of drug-likeness (QED) is 0.369. The number of hydrogen-bond acceptors (Lipinski definition) is 1. The smallest absolute Gasteiger partial charge is 0.0658 e. The van der Waals surface area contributed by atoms with Gasteiger partial charge in [0.05, 0.1) is 6.07 Å². The van der Waals surface area contributed by atoms with E-state index < -0.39 is 0 Å². The van der Waals surface area contributed by atoms with Crippen molar-refractivity contribution in [1.82, 2.24) is 0 Å². The van der Waals surface area contributed by atoms with Crippen molar-refractivity contribution in [3.8, 4) is 6.07 Å². The van der Waals surface area contributed by atoms with E-state index in [9.17, 15) is 5.26 Å². The number of rotatable bonds is 10. The van der Waals surface area contributed by atoms with E-state index in [0.717, 1.165) is 17.8 Å². The van der Waals surface area contributed by atoms with Crippen molar-refractivity contribution in [2.75, 3.05) is 0 Å². The third-order valence-corrected chi connectivity index (χ3v) is 7.34. The molecule has 0 aromatic rings. The third kappa shape index (κ3) is 7.32. The Morgan fingerprint density at radius 1 is 0.720 bits per heavy atom. The summed E-state index contributed by atoms with van der Waals surface area (Å²) < 4.78 is 0. The average Bonchev–Trinajstić information content (AvgIpc) is 2.65. The maximum absolute atomic E-state index is 9.75. The number of nitriles is 1. The molecule has 2 aliphatic rings. The summed E-state index contributed by atoms with van der Waals surface area (Å²) in [6, 6.07) is 2.73. The molecule has 2 aliphatic carbocycles. The maximum atomic E-state index is 9.75. The number of unbranched alkanes of at least 4 members (excludes halogenated alkanes) is 3. The van der Waals surface area contributed by atoms with Crippen LogP contribution in [0, 0.1) is 40.9 Å². The average molecular weight is 346 g/mol. The van der Waals surface area contributed by atoms with Crippen molar-refractivity contribution in [3.63, 3.8) is 0 Å². The van der Waals surface area contributed by atoms with Gasteiger partial charge in [0.2, 0.25) is 0 Å². The molecule has 0 radical (unpaired) electrons. The molecule has 1 heteroatoms. The van der Waals surface area contributed by atoms with Crippen LogP contribution in [0.15, 0.2) is 0 Å². The molecule has 0 amide bonds. The summed E-state index contributed by atoms with van der Waals surface area (Å²) in [5, 5.41) is 9.75. The highest BCUT2D eigenvalue weighted by Gasteiger charge is 2.30. The zero-order valence-electron chi connectivity index (χ0n) is 17.1. The van der Waals surface area contributed by atoms with Crippen molar-refractivity contribution in [2.24, 2.45) is 29.6 Å². The van der Waals surface area contributed by atoms with Gasteiger partial charge in [-0.25, -0.2) is 0 Å². The summed E-state index contributed by atoms with van der Waals surface area (Å²) in [6.07, 6.45) is 22.2. The van der Waals surface area contributed by atoms with Gasteiger partial charge in [-0.1, -0.05) is 97.3 Å². The van der Waals surface area contributed by atoms with Crippen molar-refractivity contribution < 1.29 is 0 Å². The van der Waals surface area contributed by atoms with Crippen LogP contribution in [-0.2, 0) is 0 Å². The van der Waals surface area contributed by atoms with Crippen molar-refractivity contribution in [2.45, 2.75) is 117 Å². The lowest BCUT2D eigenvalue weighted by Crippen LogP contribution is -2.24. The molecule has 0 saturated heterocycles. The van der Waals surface area contributed by atoms with Gasteiger partial charge in [0, 0.05) is 5.92 Å². The van der Waals surface area contributed by atoms with Gasteiger partial charge in [-0.05, 0) is 42.9 Å². The van der Waals surface area contributed by atoms with E-state index in [-0.39, 0.29) is 0 Å². The van der Waals surface area contributed by atoms with Crippen molar-refractivity contribution in [3.05, 3.63) is 0 Å². The van der Waals surface area contributed by atoms with Crippen LogP contribution in [0.5, 0.6) is 0 Å². The molecule has 0 heterocycles. The molecule has 0 aromatic heterocycles. The molecule has 0 spiro atoms. The number of nitrogens with zero attached hydrogens (tertiary/aromatic N) is 1. The molecule has 25 heavy (non-hydrogen) atoms. The molecule has 0 N–H and O–H groups in total. The normalized spacial score (nSPS) is 31.4. The van der Waals surface area contributed by atoms with E-state index in [4.69, 9.17) is 0 Å². The summed E-state index contributed by atoms with van der Waals surface area (Å²) >= 11 is 0. The first-order valence-corrected chi connectivity index (χ1v) is 11.7. The lowest BCUT2D eigenvalue weighted by molar-refractivity contribution is 0.177. The van der Waals surface area contributed by atoms with Crippen molar-refractivity contribution >= 4 is 0 Å². The van der Waals surface area contributed by atoms with Gasteiger partial charge in [0.1, 0.15) is 0 Å². The van der Waals surface area contributed by atoms with Crippen LogP contribution in [0.1, 0.15) is 117 Å². The molecule has 1 atom stereocenters. The second-order valence-corrected chi connectivity index (χ2v) is 9.28. The molecule has 0 aliphatic heterocycles. The highest BCUT2D eigenvalue weighted by Crippen LogP contribution is 2.41. The molecule has 0 aromatic carbocycles. The standard InChI is InChI=1S/C24H43N/c1-3-5-6-7-9-21-10-12-22(13-11-21)18-24(19-25)23-16-14-20(8-4-2)15-17-23/h20-24H,3-18H2,1-2H3. The molecule has 144 valence electrons. The Hall–Kier alpha value is -0.510. The minimum Gasteiger partial charge on any atom is -0.198 e. The predicted octanol–water partition coefficient (Wildman–Crippen LogP) is 7.90.